The Bertz CT molecular complexity index is 949. The normalized spacial score (nSPS) is 26.0. The monoisotopic (exact) mass is 424 g/mol. The number of ether oxygens (including phenoxy) is 3. The SMILES string of the molecule is CCC(=O)OC[C@H]1O[C@@H](n2cnc3c(NC)nc(N)nc32)[C@](C)(F)[C@@H]1OC(=O)CC. The Morgan fingerprint density at radius 1 is 1.33 bits per heavy atom. The Morgan fingerprint density at radius 2 is 2.03 bits per heavy atom. The standard InChI is InChI=1S/C18H25FN6O5/c1-5-10(26)28-7-9-13(30-11(27)6-2)18(3,19)16(29-9)25-8-22-12-14(21-4)23-17(20)24-15(12)25/h8-9,13,16H,5-7H2,1-4H3,(H3,20,21,23,24)/t9-,13-,16-,18-/m1/s1. The number of halogens is 1. The summed E-state index contributed by atoms with van der Waals surface area (Å²) in [5.74, 6) is -0.735. The van der Waals surface area contributed by atoms with Gasteiger partial charge in [-0.2, -0.15) is 9.97 Å². The van der Waals surface area contributed by atoms with Gasteiger partial charge in [0, 0.05) is 19.9 Å². The average Bonchev–Trinajstić information content (AvgIpc) is 3.23. The van der Waals surface area contributed by atoms with E-state index in [0.717, 1.165) is 0 Å². The second kappa shape index (κ2) is 8.38. The summed E-state index contributed by atoms with van der Waals surface area (Å²) in [5.41, 5.74) is 4.20. The lowest BCUT2D eigenvalue weighted by molar-refractivity contribution is -0.161. The molecule has 4 atom stereocenters. The van der Waals surface area contributed by atoms with Crippen LogP contribution in [0.15, 0.2) is 6.33 Å². The van der Waals surface area contributed by atoms with Gasteiger partial charge in [-0.15, -0.1) is 0 Å². The van der Waals surface area contributed by atoms with Crippen molar-refractivity contribution in [2.24, 2.45) is 0 Å². The third-order valence-corrected chi connectivity index (χ3v) is 4.85. The van der Waals surface area contributed by atoms with Crippen molar-refractivity contribution in [3.05, 3.63) is 6.33 Å². The second-order valence-electron chi connectivity index (χ2n) is 6.98. The molecule has 0 radical (unpaired) electrons. The minimum absolute atomic E-state index is 0.0328. The molecule has 12 heteroatoms. The highest BCUT2D eigenvalue weighted by Gasteiger charge is 2.58. The molecule has 0 unspecified atom stereocenters. The number of nitrogens with one attached hydrogen (secondary N) is 1. The number of alkyl halides is 1. The van der Waals surface area contributed by atoms with Crippen molar-refractivity contribution in [1.29, 1.82) is 0 Å². The van der Waals surface area contributed by atoms with Crippen molar-refractivity contribution in [3.8, 4) is 0 Å². The van der Waals surface area contributed by atoms with Gasteiger partial charge in [-0.3, -0.25) is 14.2 Å². The molecule has 0 amide bonds. The topological polar surface area (TPSA) is 143 Å². The smallest absolute Gasteiger partial charge is 0.305 e. The number of hydrogen-bond acceptors (Lipinski definition) is 10. The number of aromatic nitrogens is 4. The number of fused-ring (bicyclic) bond motifs is 1. The minimum Gasteiger partial charge on any atom is -0.463 e. The number of nitrogen functional groups attached to an aromatic ring is 1. The van der Waals surface area contributed by atoms with Crippen molar-refractivity contribution >= 4 is 34.9 Å². The third kappa shape index (κ3) is 3.86. The summed E-state index contributed by atoms with van der Waals surface area (Å²) < 4.78 is 33.7. The van der Waals surface area contributed by atoms with Crippen molar-refractivity contribution in [3.63, 3.8) is 0 Å². The van der Waals surface area contributed by atoms with E-state index in [-0.39, 0.29) is 31.0 Å². The van der Waals surface area contributed by atoms with E-state index < -0.39 is 36.0 Å². The van der Waals surface area contributed by atoms with Crippen molar-refractivity contribution in [1.82, 2.24) is 19.5 Å². The molecule has 0 spiro atoms. The molecule has 2 aromatic heterocycles. The molecule has 3 rings (SSSR count). The first-order valence-corrected chi connectivity index (χ1v) is 9.60. The van der Waals surface area contributed by atoms with Gasteiger partial charge in [0.25, 0.3) is 0 Å². The number of anilines is 2. The Morgan fingerprint density at radius 3 is 2.67 bits per heavy atom. The quantitative estimate of drug-likeness (QED) is 0.625. The van der Waals surface area contributed by atoms with Crippen LogP contribution < -0.4 is 11.1 Å². The van der Waals surface area contributed by atoms with Gasteiger partial charge < -0.3 is 25.3 Å². The lowest BCUT2D eigenvalue weighted by atomic mass is 9.98. The van der Waals surface area contributed by atoms with Gasteiger partial charge in [0.2, 0.25) is 5.95 Å². The minimum atomic E-state index is -2.18. The highest BCUT2D eigenvalue weighted by atomic mass is 19.1. The average molecular weight is 424 g/mol. The van der Waals surface area contributed by atoms with Crippen LogP contribution in [-0.4, -0.2) is 63.0 Å². The fourth-order valence-corrected chi connectivity index (χ4v) is 3.31. The molecule has 3 heterocycles. The Balaban J connectivity index is 2.00. The molecule has 1 aliphatic heterocycles. The largest absolute Gasteiger partial charge is 0.463 e. The molecule has 0 saturated carbocycles. The van der Waals surface area contributed by atoms with Crippen molar-refractivity contribution in [2.75, 3.05) is 24.7 Å². The first kappa shape index (κ1) is 21.7. The fraction of sp³-hybridized carbons (Fsp3) is 0.611. The molecule has 2 aromatic rings. The molecule has 3 N–H and O–H groups in total. The van der Waals surface area contributed by atoms with E-state index >= 15 is 4.39 Å². The van der Waals surface area contributed by atoms with E-state index in [0.29, 0.717) is 11.3 Å². The van der Waals surface area contributed by atoms with E-state index in [4.69, 9.17) is 19.9 Å². The third-order valence-electron chi connectivity index (χ3n) is 4.85. The molecule has 1 fully saturated rings. The molecule has 0 bridgehead atoms. The van der Waals surface area contributed by atoms with Gasteiger partial charge in [-0.05, 0) is 6.92 Å². The summed E-state index contributed by atoms with van der Waals surface area (Å²) in [6, 6.07) is 0. The zero-order chi connectivity index (χ0) is 22.1. The number of carbonyl (C=O) groups excluding carboxylic acids is 2. The first-order valence-electron chi connectivity index (χ1n) is 9.60. The maximum atomic E-state index is 16.0. The van der Waals surface area contributed by atoms with E-state index in [1.54, 1.807) is 20.9 Å². The lowest BCUT2D eigenvalue weighted by Gasteiger charge is -2.27. The maximum absolute atomic E-state index is 16.0. The molecular weight excluding hydrogens is 399 g/mol. The molecule has 11 nitrogen and oxygen atoms in total. The number of nitrogens with zero attached hydrogens (tertiary/aromatic N) is 4. The fourth-order valence-electron chi connectivity index (χ4n) is 3.31. The number of imidazole rings is 1. The van der Waals surface area contributed by atoms with Gasteiger partial charge in [-0.25, -0.2) is 9.37 Å². The van der Waals surface area contributed by atoms with Gasteiger partial charge in [0.05, 0.1) is 6.33 Å². The van der Waals surface area contributed by atoms with E-state index in [1.807, 2.05) is 0 Å². The molecule has 1 saturated heterocycles. The lowest BCUT2D eigenvalue weighted by Crippen LogP contribution is -2.44. The molecule has 0 aromatic carbocycles. The van der Waals surface area contributed by atoms with Gasteiger partial charge in [0.1, 0.15) is 12.7 Å². The molecular formula is C18H25FN6O5. The Labute approximate surface area is 172 Å². The number of esters is 2. The zero-order valence-electron chi connectivity index (χ0n) is 17.2. The van der Waals surface area contributed by atoms with Crippen LogP contribution in [0.25, 0.3) is 11.2 Å². The van der Waals surface area contributed by atoms with Crippen LogP contribution in [0.5, 0.6) is 0 Å². The highest BCUT2D eigenvalue weighted by molar-refractivity contribution is 5.84. The van der Waals surface area contributed by atoms with E-state index in [2.05, 4.69) is 20.3 Å². The van der Waals surface area contributed by atoms with E-state index in [1.165, 1.54) is 17.8 Å². The van der Waals surface area contributed by atoms with Crippen LogP contribution in [0.3, 0.4) is 0 Å². The van der Waals surface area contributed by atoms with Crippen LogP contribution in [0.4, 0.5) is 16.2 Å². The number of hydrogen-bond donors (Lipinski definition) is 2. The molecule has 30 heavy (non-hydrogen) atoms. The Hall–Kier alpha value is -3.02. The predicted octanol–water partition coefficient (Wildman–Crippen LogP) is 1.35. The number of rotatable bonds is 7. The molecule has 164 valence electrons. The van der Waals surface area contributed by atoms with Crippen LogP contribution in [-0.2, 0) is 23.8 Å². The summed E-state index contributed by atoms with van der Waals surface area (Å²) in [6.45, 7) is 4.22. The van der Waals surface area contributed by atoms with Crippen molar-refractivity contribution in [2.45, 2.75) is 57.7 Å². The molecule has 0 aliphatic carbocycles. The summed E-state index contributed by atoms with van der Waals surface area (Å²) in [6.07, 6.45) is -2.03. The zero-order valence-corrected chi connectivity index (χ0v) is 17.2. The maximum Gasteiger partial charge on any atom is 0.305 e. The summed E-state index contributed by atoms with van der Waals surface area (Å²) in [5, 5.41) is 2.86. The van der Waals surface area contributed by atoms with E-state index in [9.17, 15) is 9.59 Å². The second-order valence-corrected chi connectivity index (χ2v) is 6.98. The Kier molecular flexibility index (Phi) is 6.06. The molecule has 1 aliphatic rings. The van der Waals surface area contributed by atoms with Crippen molar-refractivity contribution < 1.29 is 28.2 Å². The number of carbonyl (C=O) groups is 2. The van der Waals surface area contributed by atoms with Gasteiger partial charge in [-0.1, -0.05) is 13.8 Å². The first-order chi connectivity index (χ1) is 14.2. The predicted molar refractivity (Wildman–Crippen MR) is 104 cm³/mol. The van der Waals surface area contributed by atoms with Gasteiger partial charge in [0.15, 0.2) is 35.0 Å². The van der Waals surface area contributed by atoms with Crippen LogP contribution in [0, 0.1) is 0 Å². The van der Waals surface area contributed by atoms with Crippen LogP contribution in [0.1, 0.15) is 39.8 Å². The summed E-state index contributed by atoms with van der Waals surface area (Å²) >= 11 is 0. The summed E-state index contributed by atoms with van der Waals surface area (Å²) in [7, 11) is 1.64. The highest BCUT2D eigenvalue weighted by Crippen LogP contribution is 2.44. The van der Waals surface area contributed by atoms with Crippen LogP contribution in [0.2, 0.25) is 0 Å². The van der Waals surface area contributed by atoms with Crippen LogP contribution >= 0.6 is 0 Å². The number of nitrogens with two attached hydrogens (primary N) is 1. The van der Waals surface area contributed by atoms with Gasteiger partial charge >= 0.3 is 11.9 Å². The summed E-state index contributed by atoms with van der Waals surface area (Å²) in [4.78, 5) is 35.9.